The van der Waals surface area contributed by atoms with Crippen LogP contribution in [-0.4, -0.2) is 26.2 Å². The summed E-state index contributed by atoms with van der Waals surface area (Å²) in [5.74, 6) is -4.71. The molecule has 0 radical (unpaired) electrons. The van der Waals surface area contributed by atoms with Crippen molar-refractivity contribution in [3.05, 3.63) is 117 Å². The quantitative estimate of drug-likeness (QED) is 0.130. The molecule has 13 heteroatoms. The summed E-state index contributed by atoms with van der Waals surface area (Å²) < 4.78 is 52.5. The molecule has 0 spiro atoms. The molecular formula is C32H26Cl2F4N2O3S2. The third-order valence-electron chi connectivity index (χ3n) is 6.02. The first-order valence-corrected chi connectivity index (χ1v) is 14.6. The van der Waals surface area contributed by atoms with E-state index in [2.05, 4.69) is 9.97 Å². The Hall–Kier alpha value is -3.61. The van der Waals surface area contributed by atoms with Gasteiger partial charge in [-0.1, -0.05) is 61.6 Å². The Labute approximate surface area is 274 Å². The Morgan fingerprint density at radius 2 is 1.13 bits per heavy atom. The Morgan fingerprint density at radius 1 is 0.667 bits per heavy atom. The molecule has 6 rings (SSSR count). The first-order chi connectivity index (χ1) is 20.5. The second-order valence-electron chi connectivity index (χ2n) is 9.03. The summed E-state index contributed by atoms with van der Waals surface area (Å²) in [6, 6.07) is 17.4. The minimum atomic E-state index is -1.09. The van der Waals surface area contributed by atoms with Gasteiger partial charge in [-0.25, -0.2) is 22.4 Å². The van der Waals surface area contributed by atoms with E-state index in [1.807, 2.05) is 6.07 Å². The van der Waals surface area contributed by atoms with Crippen LogP contribution in [-0.2, 0) is 6.61 Å². The molecular weight excluding hydrogens is 671 g/mol. The lowest BCUT2D eigenvalue weighted by Gasteiger charge is -2.05. The second kappa shape index (κ2) is 15.1. The summed E-state index contributed by atoms with van der Waals surface area (Å²) in [5.41, 5.74) is 2.05. The van der Waals surface area contributed by atoms with Gasteiger partial charge in [0.05, 0.1) is 6.61 Å². The highest BCUT2D eigenvalue weighted by atomic mass is 35.5. The van der Waals surface area contributed by atoms with E-state index in [-0.39, 0.29) is 27.2 Å². The molecule has 4 aromatic carbocycles. The van der Waals surface area contributed by atoms with Crippen LogP contribution in [0, 0.1) is 23.3 Å². The largest absolute Gasteiger partial charge is 0.477 e. The molecule has 4 N–H and O–H groups in total. The fourth-order valence-electron chi connectivity index (χ4n) is 4.10. The zero-order valence-electron chi connectivity index (χ0n) is 21.5. The monoisotopic (exact) mass is 696 g/mol. The number of aromatic amines is 2. The number of H-pyrrole nitrogens is 2. The van der Waals surface area contributed by atoms with Crippen molar-refractivity contribution in [2.45, 2.75) is 41.0 Å². The SMILES string of the molecule is C.C.O=C(O)c1cc2c(Sc3ccc(F)c(F)c3)cc(Cl)cc2[nH]1.OCc1cc2c(Sc3ccc(F)c(F)c3)cc(Cl)cc2[nH]1. The number of halogens is 6. The van der Waals surface area contributed by atoms with Crippen molar-refractivity contribution in [3.8, 4) is 0 Å². The van der Waals surface area contributed by atoms with Gasteiger partial charge in [0.25, 0.3) is 0 Å². The van der Waals surface area contributed by atoms with Crippen molar-refractivity contribution >= 4 is 74.5 Å². The van der Waals surface area contributed by atoms with Crippen LogP contribution in [0.3, 0.4) is 0 Å². The van der Waals surface area contributed by atoms with Gasteiger partial charge in [-0.3, -0.25) is 0 Å². The maximum Gasteiger partial charge on any atom is 0.352 e. The fourth-order valence-corrected chi connectivity index (χ4v) is 6.70. The number of nitrogens with one attached hydrogen (secondary N) is 2. The van der Waals surface area contributed by atoms with E-state index in [9.17, 15) is 27.5 Å². The molecule has 2 aromatic heterocycles. The number of carbonyl (C=O) groups is 1. The highest BCUT2D eigenvalue weighted by Crippen LogP contribution is 2.38. The van der Waals surface area contributed by atoms with E-state index >= 15 is 0 Å². The molecule has 0 unspecified atom stereocenters. The van der Waals surface area contributed by atoms with Gasteiger partial charge in [0, 0.05) is 57.1 Å². The van der Waals surface area contributed by atoms with Crippen molar-refractivity contribution in [2.24, 2.45) is 0 Å². The zero-order valence-corrected chi connectivity index (χ0v) is 24.7. The van der Waals surface area contributed by atoms with Crippen LogP contribution in [0.15, 0.2) is 92.4 Å². The molecule has 0 saturated carbocycles. The molecule has 0 aliphatic carbocycles. The summed E-state index contributed by atoms with van der Waals surface area (Å²) >= 11 is 14.5. The van der Waals surface area contributed by atoms with Crippen molar-refractivity contribution < 1.29 is 32.6 Å². The normalized spacial score (nSPS) is 10.6. The number of benzene rings is 4. The fraction of sp³-hybridized carbons (Fsp3) is 0.0938. The topological polar surface area (TPSA) is 89.1 Å². The van der Waals surface area contributed by atoms with Crippen LogP contribution in [0.4, 0.5) is 17.6 Å². The molecule has 45 heavy (non-hydrogen) atoms. The smallest absolute Gasteiger partial charge is 0.352 e. The van der Waals surface area contributed by atoms with Crippen LogP contribution in [0.25, 0.3) is 21.8 Å². The van der Waals surface area contributed by atoms with Crippen LogP contribution in [0.1, 0.15) is 31.0 Å². The maximum atomic E-state index is 13.3. The third-order valence-corrected chi connectivity index (χ3v) is 8.56. The lowest BCUT2D eigenvalue weighted by Crippen LogP contribution is -1.94. The van der Waals surface area contributed by atoms with Crippen molar-refractivity contribution in [1.82, 2.24) is 9.97 Å². The van der Waals surface area contributed by atoms with Gasteiger partial charge in [0.15, 0.2) is 23.3 Å². The van der Waals surface area contributed by atoms with Crippen molar-refractivity contribution in [1.29, 1.82) is 0 Å². The van der Waals surface area contributed by atoms with Gasteiger partial charge < -0.3 is 20.2 Å². The number of hydrogen-bond donors (Lipinski definition) is 4. The Morgan fingerprint density at radius 3 is 1.58 bits per heavy atom. The van der Waals surface area contributed by atoms with Crippen LogP contribution < -0.4 is 0 Å². The van der Waals surface area contributed by atoms with E-state index in [0.717, 1.165) is 40.1 Å². The number of rotatable bonds is 6. The highest BCUT2D eigenvalue weighted by molar-refractivity contribution is 7.99. The number of fused-ring (bicyclic) bond motifs is 2. The van der Waals surface area contributed by atoms with Crippen molar-refractivity contribution in [2.75, 3.05) is 0 Å². The van der Waals surface area contributed by atoms with E-state index in [1.165, 1.54) is 41.7 Å². The first kappa shape index (κ1) is 35.9. The van der Waals surface area contributed by atoms with E-state index in [1.54, 1.807) is 24.3 Å². The van der Waals surface area contributed by atoms with Gasteiger partial charge in [-0.15, -0.1) is 0 Å². The minimum absolute atomic E-state index is 0. The van der Waals surface area contributed by atoms with Gasteiger partial charge >= 0.3 is 5.97 Å². The minimum Gasteiger partial charge on any atom is -0.477 e. The first-order valence-electron chi connectivity index (χ1n) is 12.2. The molecule has 0 atom stereocenters. The average molecular weight is 698 g/mol. The molecule has 0 fully saturated rings. The number of carboxylic acids is 1. The summed E-state index contributed by atoms with van der Waals surface area (Å²) in [4.78, 5) is 19.4. The number of carboxylic acid groups (broad SMARTS) is 1. The number of aliphatic hydroxyl groups excluding tert-OH is 1. The molecule has 0 amide bonds. The van der Waals surface area contributed by atoms with E-state index in [0.29, 0.717) is 41.3 Å². The molecule has 2 heterocycles. The van der Waals surface area contributed by atoms with Crippen LogP contribution in [0.2, 0.25) is 10.0 Å². The van der Waals surface area contributed by atoms with Crippen LogP contribution >= 0.6 is 46.7 Å². The molecule has 0 bridgehead atoms. The van der Waals surface area contributed by atoms with Gasteiger partial charge in [-0.05, 0) is 72.8 Å². The lowest BCUT2D eigenvalue weighted by atomic mass is 10.2. The Bertz CT molecular complexity index is 2000. The number of hydrogen-bond acceptors (Lipinski definition) is 4. The zero-order chi connectivity index (χ0) is 30.8. The molecule has 0 aliphatic rings. The Balaban J connectivity index is 0.000000235. The summed E-state index contributed by atoms with van der Waals surface area (Å²) in [6.07, 6.45) is 0. The standard InChI is InChI=1S/C15H8ClF2NO2S.C15H10ClF2NOS.2CH4/c16-7-3-12-9(6-13(19-12)15(20)21)14(4-7)22-8-1-2-10(17)11(18)5-8;16-8-3-14-11(5-9(7-20)19-14)15(4-8)21-10-1-2-12(17)13(18)6-10;;/h1-6,19H,(H,20,21);1-6,19-20H,7H2;2*1H4. The predicted molar refractivity (Wildman–Crippen MR) is 174 cm³/mol. The van der Waals surface area contributed by atoms with Crippen LogP contribution in [0.5, 0.6) is 0 Å². The lowest BCUT2D eigenvalue weighted by molar-refractivity contribution is 0.0691. The summed E-state index contributed by atoms with van der Waals surface area (Å²) in [5, 5.41) is 20.7. The Kier molecular flexibility index (Phi) is 12.0. The number of aromatic carboxylic acids is 1. The molecule has 6 aromatic rings. The van der Waals surface area contributed by atoms with E-state index in [4.69, 9.17) is 28.3 Å². The van der Waals surface area contributed by atoms with Crippen molar-refractivity contribution in [3.63, 3.8) is 0 Å². The number of aliphatic hydroxyl groups is 1. The maximum absolute atomic E-state index is 13.3. The summed E-state index contributed by atoms with van der Waals surface area (Å²) in [7, 11) is 0. The van der Waals surface area contributed by atoms with Gasteiger partial charge in [0.1, 0.15) is 5.69 Å². The highest BCUT2D eigenvalue weighted by Gasteiger charge is 2.14. The molecule has 0 saturated heterocycles. The molecule has 5 nitrogen and oxygen atoms in total. The molecule has 0 aliphatic heterocycles. The third kappa shape index (κ3) is 8.36. The van der Waals surface area contributed by atoms with Gasteiger partial charge in [-0.2, -0.15) is 0 Å². The van der Waals surface area contributed by atoms with Gasteiger partial charge in [0.2, 0.25) is 0 Å². The average Bonchev–Trinajstić information content (AvgIpc) is 3.58. The predicted octanol–water partition coefficient (Wildman–Crippen LogP) is 11.0. The molecule has 236 valence electrons. The second-order valence-corrected chi connectivity index (χ2v) is 12.1. The number of aromatic nitrogens is 2. The van der Waals surface area contributed by atoms with E-state index < -0.39 is 29.2 Å². The summed E-state index contributed by atoms with van der Waals surface area (Å²) in [6.45, 7) is -0.110.